The van der Waals surface area contributed by atoms with E-state index in [1.807, 2.05) is 39.0 Å². The molecule has 22 heavy (non-hydrogen) atoms. The second-order valence-electron chi connectivity index (χ2n) is 5.81. The highest BCUT2D eigenvalue weighted by atomic mass is 32.2. The number of amides is 1. The van der Waals surface area contributed by atoms with Crippen molar-refractivity contribution in [2.45, 2.75) is 31.2 Å². The molecule has 0 bridgehead atoms. The number of carbonyl (C=O) groups excluding carboxylic acids is 1. The lowest BCUT2D eigenvalue weighted by Gasteiger charge is -2.21. The van der Waals surface area contributed by atoms with E-state index in [2.05, 4.69) is 33.1 Å². The van der Waals surface area contributed by atoms with Crippen molar-refractivity contribution < 1.29 is 4.79 Å². The van der Waals surface area contributed by atoms with Crippen LogP contribution in [0.3, 0.4) is 0 Å². The number of nitrogens with zero attached hydrogens (tertiary/aromatic N) is 1. The van der Waals surface area contributed by atoms with Gasteiger partial charge in [-0.3, -0.25) is 9.79 Å². The molecule has 0 unspecified atom stereocenters. The molecule has 0 aliphatic heterocycles. The fraction of sp³-hybridized carbons (Fsp3) is 0.500. The van der Waals surface area contributed by atoms with Gasteiger partial charge in [0.05, 0.1) is 6.54 Å². The maximum absolute atomic E-state index is 11.7. The van der Waals surface area contributed by atoms with Crippen molar-refractivity contribution >= 4 is 23.6 Å². The van der Waals surface area contributed by atoms with Crippen molar-refractivity contribution in [3.63, 3.8) is 0 Å². The fourth-order valence-electron chi connectivity index (χ4n) is 1.70. The molecule has 122 valence electrons. The summed E-state index contributed by atoms with van der Waals surface area (Å²) in [5.74, 6) is 1.52. The third-order valence-corrected chi connectivity index (χ3v) is 3.57. The number of carbonyl (C=O) groups is 1. The van der Waals surface area contributed by atoms with Crippen LogP contribution in [0, 0.1) is 0 Å². The molecule has 1 amide bonds. The van der Waals surface area contributed by atoms with Gasteiger partial charge < -0.3 is 16.0 Å². The lowest BCUT2D eigenvalue weighted by atomic mass is 10.1. The smallest absolute Gasteiger partial charge is 0.239 e. The van der Waals surface area contributed by atoms with Crippen molar-refractivity contribution in [1.29, 1.82) is 0 Å². The SMILES string of the molecule is CN=C(NCCSc1ccccc1)NCC(=O)NC(C)(C)C. The molecule has 5 nitrogen and oxygen atoms in total. The Morgan fingerprint density at radius 2 is 1.86 bits per heavy atom. The third kappa shape index (κ3) is 8.56. The maximum atomic E-state index is 11.7. The zero-order valence-electron chi connectivity index (χ0n) is 13.8. The molecule has 0 spiro atoms. The number of benzene rings is 1. The van der Waals surface area contributed by atoms with Gasteiger partial charge in [0.25, 0.3) is 0 Å². The highest BCUT2D eigenvalue weighted by molar-refractivity contribution is 7.99. The van der Waals surface area contributed by atoms with E-state index in [0.717, 1.165) is 12.3 Å². The van der Waals surface area contributed by atoms with Gasteiger partial charge in [-0.25, -0.2) is 0 Å². The number of hydrogen-bond donors (Lipinski definition) is 3. The Balaban J connectivity index is 2.21. The molecule has 0 aliphatic rings. The first kappa shape index (κ1) is 18.4. The molecule has 0 fully saturated rings. The highest BCUT2D eigenvalue weighted by Gasteiger charge is 2.13. The van der Waals surface area contributed by atoms with Crippen molar-refractivity contribution in [1.82, 2.24) is 16.0 Å². The molecule has 1 aromatic rings. The van der Waals surface area contributed by atoms with E-state index in [0.29, 0.717) is 5.96 Å². The van der Waals surface area contributed by atoms with Crippen molar-refractivity contribution in [3.05, 3.63) is 30.3 Å². The third-order valence-electron chi connectivity index (χ3n) is 2.56. The first-order valence-electron chi connectivity index (χ1n) is 7.34. The van der Waals surface area contributed by atoms with Crippen LogP contribution in [-0.2, 0) is 4.79 Å². The minimum atomic E-state index is -0.220. The molecule has 0 atom stereocenters. The lowest BCUT2D eigenvalue weighted by molar-refractivity contribution is -0.121. The molecule has 0 aromatic heterocycles. The molecule has 1 rings (SSSR count). The predicted octanol–water partition coefficient (Wildman–Crippen LogP) is 1.86. The summed E-state index contributed by atoms with van der Waals surface area (Å²) in [6, 6.07) is 10.3. The Hall–Kier alpha value is -1.69. The van der Waals surface area contributed by atoms with Crippen LogP contribution in [0.15, 0.2) is 40.2 Å². The van der Waals surface area contributed by atoms with Gasteiger partial charge in [0.15, 0.2) is 5.96 Å². The molecule has 6 heteroatoms. The number of rotatable bonds is 6. The monoisotopic (exact) mass is 322 g/mol. The van der Waals surface area contributed by atoms with E-state index < -0.39 is 0 Å². The van der Waals surface area contributed by atoms with E-state index in [-0.39, 0.29) is 18.0 Å². The maximum Gasteiger partial charge on any atom is 0.239 e. The molecular weight excluding hydrogens is 296 g/mol. The van der Waals surface area contributed by atoms with E-state index >= 15 is 0 Å². The van der Waals surface area contributed by atoms with Crippen LogP contribution in [0.2, 0.25) is 0 Å². The van der Waals surface area contributed by atoms with Gasteiger partial charge in [-0.15, -0.1) is 11.8 Å². The fourth-order valence-corrected chi connectivity index (χ4v) is 2.49. The largest absolute Gasteiger partial charge is 0.356 e. The summed E-state index contributed by atoms with van der Waals surface area (Å²) in [6.07, 6.45) is 0. The first-order valence-corrected chi connectivity index (χ1v) is 8.32. The summed E-state index contributed by atoms with van der Waals surface area (Å²) < 4.78 is 0. The summed E-state index contributed by atoms with van der Waals surface area (Å²) in [5, 5.41) is 9.10. The van der Waals surface area contributed by atoms with Crippen LogP contribution in [0.5, 0.6) is 0 Å². The van der Waals surface area contributed by atoms with Crippen LogP contribution in [0.4, 0.5) is 0 Å². The Morgan fingerprint density at radius 1 is 1.18 bits per heavy atom. The second-order valence-corrected chi connectivity index (χ2v) is 6.98. The van der Waals surface area contributed by atoms with Gasteiger partial charge in [-0.1, -0.05) is 18.2 Å². The molecule has 3 N–H and O–H groups in total. The first-order chi connectivity index (χ1) is 10.4. The quantitative estimate of drug-likeness (QED) is 0.324. The molecule has 0 saturated carbocycles. The molecule has 0 radical (unpaired) electrons. The summed E-state index contributed by atoms with van der Waals surface area (Å²) >= 11 is 1.78. The van der Waals surface area contributed by atoms with E-state index in [1.54, 1.807) is 18.8 Å². The van der Waals surface area contributed by atoms with Gasteiger partial charge in [0.2, 0.25) is 5.91 Å². The molecule has 1 aromatic carbocycles. The van der Waals surface area contributed by atoms with Crippen LogP contribution < -0.4 is 16.0 Å². The van der Waals surface area contributed by atoms with Crippen molar-refractivity contribution in [2.75, 3.05) is 25.9 Å². The number of nitrogens with one attached hydrogen (secondary N) is 3. The number of aliphatic imine (C=N–C) groups is 1. The van der Waals surface area contributed by atoms with Crippen LogP contribution >= 0.6 is 11.8 Å². The van der Waals surface area contributed by atoms with Crippen LogP contribution in [-0.4, -0.2) is 43.3 Å². The molecular formula is C16H26N4OS. The van der Waals surface area contributed by atoms with Crippen LogP contribution in [0.1, 0.15) is 20.8 Å². The highest BCUT2D eigenvalue weighted by Crippen LogP contribution is 2.15. The molecule has 0 aliphatic carbocycles. The average Bonchev–Trinajstić information content (AvgIpc) is 2.46. The van der Waals surface area contributed by atoms with E-state index in [4.69, 9.17) is 0 Å². The Bertz CT molecular complexity index is 483. The van der Waals surface area contributed by atoms with Gasteiger partial charge >= 0.3 is 0 Å². The lowest BCUT2D eigenvalue weighted by Crippen LogP contribution is -2.48. The van der Waals surface area contributed by atoms with Gasteiger partial charge in [-0.05, 0) is 32.9 Å². The summed E-state index contributed by atoms with van der Waals surface area (Å²) in [4.78, 5) is 17.1. The number of guanidine groups is 1. The summed E-state index contributed by atoms with van der Waals surface area (Å²) in [5.41, 5.74) is -0.220. The average molecular weight is 322 g/mol. The zero-order chi connectivity index (χ0) is 16.4. The van der Waals surface area contributed by atoms with Crippen LogP contribution in [0.25, 0.3) is 0 Å². The van der Waals surface area contributed by atoms with E-state index in [9.17, 15) is 4.79 Å². The van der Waals surface area contributed by atoms with Gasteiger partial charge in [-0.2, -0.15) is 0 Å². The number of hydrogen-bond acceptors (Lipinski definition) is 3. The predicted molar refractivity (Wildman–Crippen MR) is 94.4 cm³/mol. The van der Waals surface area contributed by atoms with Crippen molar-refractivity contribution in [3.8, 4) is 0 Å². The van der Waals surface area contributed by atoms with Crippen molar-refractivity contribution in [2.24, 2.45) is 4.99 Å². The standard InChI is InChI=1S/C16H26N4OS/c1-16(2,3)20-14(21)12-19-15(17-4)18-10-11-22-13-8-6-5-7-9-13/h5-9H,10-12H2,1-4H3,(H,20,21)(H2,17,18,19). The Kier molecular flexibility index (Phi) is 7.80. The topological polar surface area (TPSA) is 65.5 Å². The van der Waals surface area contributed by atoms with E-state index in [1.165, 1.54) is 4.90 Å². The second kappa shape index (κ2) is 9.35. The van der Waals surface area contributed by atoms with Gasteiger partial charge in [0.1, 0.15) is 0 Å². The Labute approximate surface area is 137 Å². The minimum absolute atomic E-state index is 0.0471. The molecule has 0 saturated heterocycles. The summed E-state index contributed by atoms with van der Waals surface area (Å²) in [7, 11) is 1.70. The number of thioether (sulfide) groups is 1. The molecule has 0 heterocycles. The summed E-state index contributed by atoms with van der Waals surface area (Å²) in [6.45, 7) is 6.86. The van der Waals surface area contributed by atoms with Gasteiger partial charge in [0, 0.05) is 29.8 Å². The normalized spacial score (nSPS) is 11.9. The Morgan fingerprint density at radius 3 is 2.45 bits per heavy atom. The zero-order valence-corrected chi connectivity index (χ0v) is 14.6. The minimum Gasteiger partial charge on any atom is -0.356 e.